The summed E-state index contributed by atoms with van der Waals surface area (Å²) in [6.07, 6.45) is 0.245. The molecular weight excluding hydrogens is 221 g/mol. The highest BCUT2D eigenvalue weighted by Gasteiger charge is 2.18. The van der Waals surface area contributed by atoms with E-state index in [1.54, 1.807) is 6.92 Å². The maximum absolute atomic E-state index is 13.3. The maximum Gasteiger partial charge on any atom is 0.387 e. The van der Waals surface area contributed by atoms with Crippen molar-refractivity contribution in [2.45, 2.75) is 26.9 Å². The van der Waals surface area contributed by atoms with Crippen LogP contribution in [0.3, 0.4) is 0 Å². The third kappa shape index (κ3) is 2.53. The first-order valence-electron chi connectivity index (χ1n) is 4.74. The quantitative estimate of drug-likeness (QED) is 0.745. The van der Waals surface area contributed by atoms with E-state index in [1.807, 2.05) is 0 Å². The van der Waals surface area contributed by atoms with Crippen molar-refractivity contribution < 1.29 is 22.7 Å². The van der Waals surface area contributed by atoms with Gasteiger partial charge in [0, 0.05) is 11.1 Å². The molecule has 0 fully saturated rings. The average molecular weight is 232 g/mol. The summed E-state index contributed by atoms with van der Waals surface area (Å²) < 4.78 is 41.5. The van der Waals surface area contributed by atoms with Crippen molar-refractivity contribution in [1.29, 1.82) is 0 Å². The fourth-order valence-corrected chi connectivity index (χ4v) is 1.50. The van der Waals surface area contributed by atoms with Crippen molar-refractivity contribution in [3.8, 4) is 5.75 Å². The first-order valence-corrected chi connectivity index (χ1v) is 4.74. The Bertz CT molecular complexity index is 402. The zero-order valence-corrected chi connectivity index (χ0v) is 8.89. The molecule has 0 heterocycles. The van der Waals surface area contributed by atoms with Crippen molar-refractivity contribution in [3.63, 3.8) is 0 Å². The second-order valence-corrected chi connectivity index (χ2v) is 3.19. The summed E-state index contributed by atoms with van der Waals surface area (Å²) in [4.78, 5) is 11.2. The molecule has 1 rings (SSSR count). The fraction of sp³-hybridized carbons (Fsp3) is 0.364. The van der Waals surface area contributed by atoms with Crippen LogP contribution < -0.4 is 4.74 Å². The highest BCUT2D eigenvalue weighted by atomic mass is 19.3. The van der Waals surface area contributed by atoms with Gasteiger partial charge in [0.1, 0.15) is 0 Å². The van der Waals surface area contributed by atoms with Gasteiger partial charge < -0.3 is 4.74 Å². The third-order valence-corrected chi connectivity index (χ3v) is 2.15. The van der Waals surface area contributed by atoms with E-state index in [-0.39, 0.29) is 23.3 Å². The molecule has 0 unspecified atom stereocenters. The lowest BCUT2D eigenvalue weighted by molar-refractivity contribution is -0.0528. The van der Waals surface area contributed by atoms with Gasteiger partial charge in [-0.05, 0) is 25.5 Å². The van der Waals surface area contributed by atoms with Crippen molar-refractivity contribution in [1.82, 2.24) is 0 Å². The van der Waals surface area contributed by atoms with Crippen LogP contribution in [-0.2, 0) is 6.42 Å². The van der Waals surface area contributed by atoms with Gasteiger partial charge in [-0.15, -0.1) is 0 Å². The molecule has 0 saturated carbocycles. The first-order chi connectivity index (χ1) is 7.47. The lowest BCUT2D eigenvalue weighted by Gasteiger charge is -2.13. The van der Waals surface area contributed by atoms with Crippen LogP contribution in [0.25, 0.3) is 0 Å². The zero-order valence-electron chi connectivity index (χ0n) is 8.89. The van der Waals surface area contributed by atoms with Gasteiger partial charge in [0.2, 0.25) is 0 Å². The number of rotatable bonds is 4. The summed E-state index contributed by atoms with van der Waals surface area (Å²) in [5.41, 5.74) is 0.382. The summed E-state index contributed by atoms with van der Waals surface area (Å²) in [7, 11) is 0. The van der Waals surface area contributed by atoms with Gasteiger partial charge in [0.05, 0.1) is 0 Å². The molecule has 0 amide bonds. The Kier molecular flexibility index (Phi) is 3.93. The highest BCUT2D eigenvalue weighted by molar-refractivity contribution is 5.96. The van der Waals surface area contributed by atoms with Gasteiger partial charge in [-0.2, -0.15) is 8.78 Å². The minimum absolute atomic E-state index is 0.174. The molecule has 0 radical (unpaired) electrons. The Morgan fingerprint density at radius 2 is 2.06 bits per heavy atom. The number of alkyl halides is 2. The molecule has 0 aliphatic rings. The summed E-state index contributed by atoms with van der Waals surface area (Å²) in [6, 6.07) is 2.22. The summed E-state index contributed by atoms with van der Waals surface area (Å²) in [6.45, 7) is -0.181. The molecule has 0 bridgehead atoms. The molecule has 0 aliphatic carbocycles. The molecule has 1 aromatic rings. The molecule has 0 aromatic heterocycles. The fourth-order valence-electron chi connectivity index (χ4n) is 1.50. The standard InChI is InChI=1S/C11H11F3O2/c1-3-7-8(6(2)15)4-5-9(12)10(7)16-11(13)14/h4-5,11H,3H2,1-2H3. The molecule has 5 heteroatoms. The van der Waals surface area contributed by atoms with Crippen LogP contribution in [0.5, 0.6) is 5.75 Å². The molecule has 0 aliphatic heterocycles. The van der Waals surface area contributed by atoms with E-state index in [0.717, 1.165) is 6.07 Å². The van der Waals surface area contributed by atoms with E-state index < -0.39 is 18.2 Å². The normalized spacial score (nSPS) is 10.6. The van der Waals surface area contributed by atoms with Gasteiger partial charge in [0.15, 0.2) is 17.3 Å². The molecule has 0 atom stereocenters. The number of benzene rings is 1. The molecular formula is C11H11F3O2. The number of hydrogen-bond acceptors (Lipinski definition) is 2. The predicted molar refractivity (Wildman–Crippen MR) is 52.4 cm³/mol. The number of hydrogen-bond donors (Lipinski definition) is 0. The van der Waals surface area contributed by atoms with Gasteiger partial charge >= 0.3 is 6.61 Å². The topological polar surface area (TPSA) is 26.3 Å². The number of ketones is 1. The van der Waals surface area contributed by atoms with Crippen molar-refractivity contribution in [2.24, 2.45) is 0 Å². The number of carbonyl (C=O) groups is 1. The van der Waals surface area contributed by atoms with Crippen molar-refractivity contribution in [3.05, 3.63) is 29.1 Å². The number of ether oxygens (including phenoxy) is 1. The van der Waals surface area contributed by atoms with Gasteiger partial charge in [-0.3, -0.25) is 4.79 Å². The number of Topliss-reactive ketones (excluding diaryl/α,β-unsaturated/α-hetero) is 1. The van der Waals surface area contributed by atoms with E-state index in [1.165, 1.54) is 13.0 Å². The van der Waals surface area contributed by atoms with E-state index in [9.17, 15) is 18.0 Å². The van der Waals surface area contributed by atoms with Crippen LogP contribution in [0, 0.1) is 5.82 Å². The predicted octanol–water partition coefficient (Wildman–Crippen LogP) is 3.19. The lowest BCUT2D eigenvalue weighted by atomic mass is 10.0. The van der Waals surface area contributed by atoms with E-state index in [0.29, 0.717) is 0 Å². The van der Waals surface area contributed by atoms with Gasteiger partial charge in [0.25, 0.3) is 0 Å². The van der Waals surface area contributed by atoms with E-state index in [4.69, 9.17) is 0 Å². The van der Waals surface area contributed by atoms with Crippen LogP contribution in [-0.4, -0.2) is 12.4 Å². The number of carbonyl (C=O) groups excluding carboxylic acids is 1. The minimum atomic E-state index is -3.11. The Morgan fingerprint density at radius 3 is 2.50 bits per heavy atom. The van der Waals surface area contributed by atoms with Crippen LogP contribution in [0.4, 0.5) is 13.2 Å². The Balaban J connectivity index is 3.32. The van der Waals surface area contributed by atoms with Crippen molar-refractivity contribution in [2.75, 3.05) is 0 Å². The molecule has 0 saturated heterocycles. The molecule has 0 N–H and O–H groups in total. The Labute approximate surface area is 91.0 Å². The summed E-state index contributed by atoms with van der Waals surface area (Å²) in [5.74, 6) is -1.73. The number of halogens is 3. The van der Waals surface area contributed by atoms with Crippen LogP contribution in [0.2, 0.25) is 0 Å². The smallest absolute Gasteiger partial charge is 0.387 e. The minimum Gasteiger partial charge on any atom is -0.431 e. The summed E-state index contributed by atoms with van der Waals surface area (Å²) in [5, 5.41) is 0. The zero-order chi connectivity index (χ0) is 12.3. The SMILES string of the molecule is CCc1c(C(C)=O)ccc(F)c1OC(F)F. The van der Waals surface area contributed by atoms with Crippen LogP contribution in [0.1, 0.15) is 29.8 Å². The van der Waals surface area contributed by atoms with Crippen molar-refractivity contribution >= 4 is 5.78 Å². The van der Waals surface area contributed by atoms with Gasteiger partial charge in [-0.1, -0.05) is 6.92 Å². The highest BCUT2D eigenvalue weighted by Crippen LogP contribution is 2.28. The van der Waals surface area contributed by atoms with Crippen LogP contribution in [0.15, 0.2) is 12.1 Å². The maximum atomic E-state index is 13.3. The van der Waals surface area contributed by atoms with Gasteiger partial charge in [-0.25, -0.2) is 4.39 Å². The Morgan fingerprint density at radius 1 is 1.44 bits per heavy atom. The molecule has 88 valence electrons. The molecule has 2 nitrogen and oxygen atoms in total. The molecule has 1 aromatic carbocycles. The molecule has 0 spiro atoms. The van der Waals surface area contributed by atoms with E-state index in [2.05, 4.69) is 4.74 Å². The lowest BCUT2D eigenvalue weighted by Crippen LogP contribution is -2.09. The Hall–Kier alpha value is -1.52. The monoisotopic (exact) mass is 232 g/mol. The first kappa shape index (κ1) is 12.5. The second-order valence-electron chi connectivity index (χ2n) is 3.19. The third-order valence-electron chi connectivity index (χ3n) is 2.15. The van der Waals surface area contributed by atoms with E-state index >= 15 is 0 Å². The second kappa shape index (κ2) is 5.01. The largest absolute Gasteiger partial charge is 0.431 e. The summed E-state index contributed by atoms with van der Waals surface area (Å²) >= 11 is 0. The molecule has 16 heavy (non-hydrogen) atoms. The average Bonchev–Trinajstić information content (AvgIpc) is 2.19. The van der Waals surface area contributed by atoms with Crippen LogP contribution >= 0.6 is 0 Å².